The van der Waals surface area contributed by atoms with Crippen molar-refractivity contribution in [3.05, 3.63) is 152 Å². The van der Waals surface area contributed by atoms with Gasteiger partial charge in [-0.15, -0.1) is 0 Å². The molecular formula is C40H25N5. The van der Waals surface area contributed by atoms with Crippen LogP contribution in [0.3, 0.4) is 0 Å². The van der Waals surface area contributed by atoms with Crippen molar-refractivity contribution in [3.63, 3.8) is 0 Å². The Bertz CT molecular complexity index is 2530. The molecule has 0 aliphatic heterocycles. The highest BCUT2D eigenvalue weighted by molar-refractivity contribution is 6.09. The van der Waals surface area contributed by atoms with Gasteiger partial charge in [-0.25, -0.2) is 19.9 Å². The van der Waals surface area contributed by atoms with Gasteiger partial charge in [-0.1, -0.05) is 121 Å². The molecule has 5 heteroatoms. The molecule has 0 saturated heterocycles. The minimum atomic E-state index is 0.726. The average Bonchev–Trinajstić information content (AvgIpc) is 3.50. The predicted octanol–water partition coefficient (Wildman–Crippen LogP) is 9.65. The molecule has 9 aromatic rings. The number of para-hydroxylation sites is 1. The van der Waals surface area contributed by atoms with Crippen LogP contribution in [0.1, 0.15) is 0 Å². The molecule has 4 heterocycles. The van der Waals surface area contributed by atoms with Crippen LogP contribution in [0.2, 0.25) is 0 Å². The summed E-state index contributed by atoms with van der Waals surface area (Å²) >= 11 is 0. The molecule has 0 fully saturated rings. The van der Waals surface area contributed by atoms with Crippen LogP contribution in [0.4, 0.5) is 0 Å². The largest absolute Gasteiger partial charge is 0.284 e. The summed E-state index contributed by atoms with van der Waals surface area (Å²) in [5.41, 5.74) is 10.8. The van der Waals surface area contributed by atoms with E-state index in [-0.39, 0.29) is 0 Å². The van der Waals surface area contributed by atoms with Gasteiger partial charge in [0.25, 0.3) is 0 Å². The zero-order chi connectivity index (χ0) is 29.7. The highest BCUT2D eigenvalue weighted by Crippen LogP contribution is 2.35. The first kappa shape index (κ1) is 25.3. The Morgan fingerprint density at radius 1 is 0.400 bits per heavy atom. The van der Waals surface area contributed by atoms with E-state index in [9.17, 15) is 0 Å². The Morgan fingerprint density at radius 2 is 1.07 bits per heavy atom. The molecule has 210 valence electrons. The second kappa shape index (κ2) is 10.2. The van der Waals surface area contributed by atoms with Crippen molar-refractivity contribution in [2.45, 2.75) is 0 Å². The van der Waals surface area contributed by atoms with Gasteiger partial charge in [0.05, 0.1) is 16.9 Å². The Labute approximate surface area is 259 Å². The second-order valence-corrected chi connectivity index (χ2v) is 11.2. The average molecular weight is 576 g/mol. The lowest BCUT2D eigenvalue weighted by Gasteiger charge is -2.11. The van der Waals surface area contributed by atoms with E-state index in [1.807, 2.05) is 54.7 Å². The molecule has 45 heavy (non-hydrogen) atoms. The predicted molar refractivity (Wildman–Crippen MR) is 183 cm³/mol. The molecule has 9 rings (SSSR count). The summed E-state index contributed by atoms with van der Waals surface area (Å²) in [7, 11) is 0. The third-order valence-electron chi connectivity index (χ3n) is 8.42. The molecule has 0 bridgehead atoms. The number of aromatic nitrogens is 5. The SMILES string of the molecule is c1ccc(-c2nc(-c3ccc(-c4cccc(-c5nc6c(nc7ccccn76)c6ccccc56)c4)cc3)c3ccccc3n2)cc1. The van der Waals surface area contributed by atoms with Crippen molar-refractivity contribution in [2.24, 2.45) is 0 Å². The van der Waals surface area contributed by atoms with Crippen LogP contribution in [-0.2, 0) is 0 Å². The van der Waals surface area contributed by atoms with Gasteiger partial charge in [0.1, 0.15) is 11.2 Å². The zero-order valence-electron chi connectivity index (χ0n) is 24.2. The number of pyridine rings is 2. The molecule has 5 nitrogen and oxygen atoms in total. The van der Waals surface area contributed by atoms with Crippen molar-refractivity contribution in [3.8, 4) is 45.0 Å². The van der Waals surface area contributed by atoms with Crippen molar-refractivity contribution in [1.82, 2.24) is 24.3 Å². The second-order valence-electron chi connectivity index (χ2n) is 11.2. The number of hydrogen-bond acceptors (Lipinski definition) is 4. The monoisotopic (exact) mass is 575 g/mol. The topological polar surface area (TPSA) is 56.0 Å². The van der Waals surface area contributed by atoms with E-state index in [1.54, 1.807) is 0 Å². The zero-order valence-corrected chi connectivity index (χ0v) is 24.2. The van der Waals surface area contributed by atoms with Crippen molar-refractivity contribution in [2.75, 3.05) is 0 Å². The van der Waals surface area contributed by atoms with E-state index in [0.717, 1.165) is 83.5 Å². The lowest BCUT2D eigenvalue weighted by molar-refractivity contribution is 1.19. The third kappa shape index (κ3) is 4.25. The highest BCUT2D eigenvalue weighted by Gasteiger charge is 2.16. The van der Waals surface area contributed by atoms with Gasteiger partial charge in [-0.05, 0) is 35.4 Å². The van der Waals surface area contributed by atoms with Crippen molar-refractivity contribution < 1.29 is 0 Å². The van der Waals surface area contributed by atoms with E-state index in [2.05, 4.69) is 101 Å². The molecule has 4 aromatic heterocycles. The Morgan fingerprint density at radius 3 is 1.93 bits per heavy atom. The first-order valence-electron chi connectivity index (χ1n) is 15.0. The van der Waals surface area contributed by atoms with Crippen LogP contribution in [0.5, 0.6) is 0 Å². The fraction of sp³-hybridized carbons (Fsp3) is 0. The summed E-state index contributed by atoms with van der Waals surface area (Å²) in [6.45, 7) is 0. The van der Waals surface area contributed by atoms with E-state index in [0.29, 0.717) is 0 Å². The third-order valence-corrected chi connectivity index (χ3v) is 8.42. The van der Waals surface area contributed by atoms with E-state index in [4.69, 9.17) is 19.9 Å². The fourth-order valence-corrected chi connectivity index (χ4v) is 6.23. The molecule has 0 atom stereocenters. The minimum absolute atomic E-state index is 0.726. The number of fused-ring (bicyclic) bond motifs is 6. The van der Waals surface area contributed by atoms with Gasteiger partial charge in [0.2, 0.25) is 0 Å². The molecule has 0 unspecified atom stereocenters. The number of benzene rings is 5. The Kier molecular flexibility index (Phi) is 5.74. The molecule has 5 aromatic carbocycles. The fourth-order valence-electron chi connectivity index (χ4n) is 6.23. The number of nitrogens with zero attached hydrogens (tertiary/aromatic N) is 5. The maximum absolute atomic E-state index is 5.20. The van der Waals surface area contributed by atoms with Crippen LogP contribution in [0, 0.1) is 0 Å². The quantitative estimate of drug-likeness (QED) is 0.210. The molecule has 0 saturated carbocycles. The highest BCUT2D eigenvalue weighted by atomic mass is 15.1. The first-order chi connectivity index (χ1) is 22.3. The standard InChI is InChI=1S/C40H25N5/c1-2-11-28(12-3-1)39-41-34-18-7-6-17-33(34)36(43-39)27-22-20-26(21-23-27)29-13-10-14-30(25-29)37-31-15-4-5-16-32(31)38-40(44-37)45-24-9-8-19-35(45)42-38/h1-25H. The van der Waals surface area contributed by atoms with Crippen LogP contribution < -0.4 is 0 Å². The van der Waals surface area contributed by atoms with E-state index in [1.165, 1.54) is 0 Å². The smallest absolute Gasteiger partial charge is 0.165 e. The first-order valence-corrected chi connectivity index (χ1v) is 15.0. The van der Waals surface area contributed by atoms with E-state index < -0.39 is 0 Å². The van der Waals surface area contributed by atoms with Crippen molar-refractivity contribution >= 4 is 38.5 Å². The number of imidazole rings is 1. The molecule has 0 aliphatic rings. The van der Waals surface area contributed by atoms with E-state index >= 15 is 0 Å². The van der Waals surface area contributed by atoms with Crippen LogP contribution in [-0.4, -0.2) is 24.3 Å². The molecule has 0 N–H and O–H groups in total. The summed E-state index contributed by atoms with van der Waals surface area (Å²) < 4.78 is 2.06. The van der Waals surface area contributed by atoms with Gasteiger partial charge in [-0.2, -0.15) is 0 Å². The summed E-state index contributed by atoms with van der Waals surface area (Å²) in [5, 5.41) is 3.22. The summed E-state index contributed by atoms with van der Waals surface area (Å²) in [6.07, 6.45) is 2.03. The molecule has 0 spiro atoms. The minimum Gasteiger partial charge on any atom is -0.284 e. The molecule has 0 aliphatic carbocycles. The normalized spacial score (nSPS) is 11.6. The Balaban J connectivity index is 1.15. The maximum Gasteiger partial charge on any atom is 0.165 e. The van der Waals surface area contributed by atoms with Gasteiger partial charge in [0, 0.05) is 39.0 Å². The number of hydrogen-bond donors (Lipinski definition) is 0. The molecule has 0 amide bonds. The Hall–Kier alpha value is -6.20. The summed E-state index contributed by atoms with van der Waals surface area (Å²) in [4.78, 5) is 20.0. The lowest BCUT2D eigenvalue weighted by Crippen LogP contribution is -1.95. The van der Waals surface area contributed by atoms with Crippen LogP contribution in [0.25, 0.3) is 83.5 Å². The number of rotatable bonds is 4. The van der Waals surface area contributed by atoms with Crippen LogP contribution in [0.15, 0.2) is 152 Å². The molecular weight excluding hydrogens is 550 g/mol. The lowest BCUT2D eigenvalue weighted by atomic mass is 9.97. The van der Waals surface area contributed by atoms with Gasteiger partial charge < -0.3 is 0 Å². The summed E-state index contributed by atoms with van der Waals surface area (Å²) in [6, 6.07) is 50.1. The van der Waals surface area contributed by atoms with Gasteiger partial charge in [-0.3, -0.25) is 4.40 Å². The molecule has 0 radical (unpaired) electrons. The maximum atomic E-state index is 5.20. The van der Waals surface area contributed by atoms with Gasteiger partial charge in [0.15, 0.2) is 11.5 Å². The van der Waals surface area contributed by atoms with Crippen molar-refractivity contribution in [1.29, 1.82) is 0 Å². The summed E-state index contributed by atoms with van der Waals surface area (Å²) in [5.74, 6) is 0.726. The van der Waals surface area contributed by atoms with Gasteiger partial charge >= 0.3 is 0 Å². The van der Waals surface area contributed by atoms with Crippen LogP contribution >= 0.6 is 0 Å².